The Kier molecular flexibility index (Phi) is 53.3. The number of unbranched alkanes of at least 4 members (excludes halogenated alkanes) is 22. The van der Waals surface area contributed by atoms with Gasteiger partial charge in [-0.05, 0) is 191 Å². The van der Waals surface area contributed by atoms with Crippen LogP contribution in [-0.2, 0) is 57.3 Å². The molecule has 2 aliphatic carbocycles. The monoisotopic (exact) mass is 1840 g/mol. The first-order chi connectivity index (χ1) is 62.4. The predicted octanol–water partition coefficient (Wildman–Crippen LogP) is 21.4. The molecular weight excluding hydrogens is 1690 g/mol. The van der Waals surface area contributed by atoms with Crippen LogP contribution >= 0.6 is 0 Å². The Balaban J connectivity index is 0.000000411. The van der Waals surface area contributed by atoms with Crippen LogP contribution in [0.5, 0.6) is 5.75 Å². The first-order valence-electron chi connectivity index (χ1n) is 47.6. The minimum atomic E-state index is -2.39. The second kappa shape index (κ2) is 61.6. The molecule has 0 aromatic heterocycles. The van der Waals surface area contributed by atoms with Crippen LogP contribution in [0.15, 0.2) is 97.1 Å². The van der Waals surface area contributed by atoms with Crippen LogP contribution in [0, 0.1) is 29.1 Å². The highest BCUT2D eigenvalue weighted by Gasteiger charge is 2.35. The third-order valence-electron chi connectivity index (χ3n) is 22.5. The molecule has 2 aliphatic rings. The standard InChI is InChI=1S/C44H65N3O8.C29H42F5NO5.C21H24N2O4.C8H19N/c1-5-6-7-8-9-10-11-12-13-14-15-27-40(49)46-38(42(52)55-44(2,3)4)28-29-39(48)45-30-21-20-26-37(41(50)51)47-43(53)54-31-36-34-24-18-16-22-32(34)33-23-17-19-25-35(33)36;1-5-6-7-8-9-10-11-12-13-14-15-16-20(36)35-19(28(38)40-29(2,3)4)17-18-21(37)39-27-25(33)23(31)22(30)24(32)26(27)34;22-12-6-5-11-19(20(24)25)23-21(26)27-13-18-16-9-3-1-7-14(16)15-8-2-4-10-17(15)18;1-6-9(7(2)3)8(4)5/h16-19,22-25,36-38H,5-15,20-21,26-31H2,1-4H3,(H,45,48)(H,46,49)(H,47,53)(H,50,51);19H,5-18H2,1-4H3,(H,35,36);1-4,7-10,18-19H,5-6,11-13,22H2,(H,23,26)(H,24,25);7-8H,6H2,1-5H3/t37-,38-;2*19-;/m000./s1. The number of rotatable bonds is 55. The largest absolute Gasteiger partial charge is 0.480 e. The van der Waals surface area contributed by atoms with Crippen LogP contribution < -0.4 is 37.1 Å². The quantitative estimate of drug-likeness (QED) is 0.00341. The molecule has 5 aromatic rings. The van der Waals surface area contributed by atoms with Crippen LogP contribution in [0.1, 0.15) is 342 Å². The maximum Gasteiger partial charge on any atom is 0.407 e. The van der Waals surface area contributed by atoms with E-state index in [1.165, 1.54) is 89.9 Å². The number of amides is 5. The lowest BCUT2D eigenvalue weighted by atomic mass is 9.98. The van der Waals surface area contributed by atoms with Crippen molar-refractivity contribution in [3.8, 4) is 28.0 Å². The van der Waals surface area contributed by atoms with Crippen molar-refractivity contribution in [2.45, 2.75) is 368 Å². The van der Waals surface area contributed by atoms with E-state index >= 15 is 0 Å². The van der Waals surface area contributed by atoms with Crippen molar-refractivity contribution < 1.29 is 104 Å². The number of benzene rings is 5. The first kappa shape index (κ1) is 113. The lowest BCUT2D eigenvalue weighted by Crippen LogP contribution is -2.44. The van der Waals surface area contributed by atoms with Gasteiger partial charge in [-0.3, -0.25) is 24.1 Å². The van der Waals surface area contributed by atoms with Gasteiger partial charge in [0, 0.05) is 56.1 Å². The number of alkyl carbamates (subject to hydrolysis) is 2. The summed E-state index contributed by atoms with van der Waals surface area (Å²) in [6, 6.07) is 29.1. The first-order valence-corrected chi connectivity index (χ1v) is 47.6. The van der Waals surface area contributed by atoms with E-state index in [2.05, 4.69) is 96.8 Å². The Morgan fingerprint density at radius 2 is 0.710 bits per heavy atom. The van der Waals surface area contributed by atoms with Gasteiger partial charge in [0.15, 0.2) is 0 Å². The molecule has 0 heterocycles. The number of esters is 3. The number of carbonyl (C=O) groups excluding carboxylic acids is 8. The van der Waals surface area contributed by atoms with E-state index in [1.54, 1.807) is 41.5 Å². The van der Waals surface area contributed by atoms with Crippen molar-refractivity contribution in [1.82, 2.24) is 31.5 Å². The van der Waals surface area contributed by atoms with E-state index in [4.69, 9.17) is 24.7 Å². The lowest BCUT2D eigenvalue weighted by Gasteiger charge is -2.28. The molecule has 5 aromatic carbocycles. The summed E-state index contributed by atoms with van der Waals surface area (Å²) in [6.07, 6.45) is 25.9. The Morgan fingerprint density at radius 1 is 0.389 bits per heavy atom. The highest BCUT2D eigenvalue weighted by atomic mass is 19.2. The van der Waals surface area contributed by atoms with Crippen LogP contribution in [0.4, 0.5) is 31.5 Å². The second-order valence-electron chi connectivity index (χ2n) is 36.2. The van der Waals surface area contributed by atoms with Gasteiger partial charge in [-0.25, -0.2) is 41.9 Å². The summed E-state index contributed by atoms with van der Waals surface area (Å²) in [6.45, 7) is 27.8. The summed E-state index contributed by atoms with van der Waals surface area (Å²) < 4.78 is 93.6. The van der Waals surface area contributed by atoms with Crippen molar-refractivity contribution in [2.24, 2.45) is 5.73 Å². The Hall–Kier alpha value is -10.0. The molecular formula is C102H150F5N7O17. The fourth-order valence-corrected chi connectivity index (χ4v) is 15.7. The number of carboxylic acid groups (broad SMARTS) is 2. The molecule has 0 unspecified atom stereocenters. The number of carbonyl (C=O) groups is 10. The van der Waals surface area contributed by atoms with Gasteiger partial charge in [0.05, 0.1) is 0 Å². The summed E-state index contributed by atoms with van der Waals surface area (Å²) in [7, 11) is 0. The maximum absolute atomic E-state index is 13.8. The fourth-order valence-electron chi connectivity index (χ4n) is 15.7. The molecule has 29 heteroatoms. The van der Waals surface area contributed by atoms with E-state index in [9.17, 15) is 80.1 Å². The highest BCUT2D eigenvalue weighted by Crippen LogP contribution is 2.46. The van der Waals surface area contributed by atoms with Crippen LogP contribution in [0.25, 0.3) is 22.3 Å². The van der Waals surface area contributed by atoms with Gasteiger partial charge in [0.25, 0.3) is 0 Å². The average molecular weight is 1840 g/mol. The zero-order valence-corrected chi connectivity index (χ0v) is 79.9. The minimum absolute atomic E-state index is 0.00370. The molecule has 9 N–H and O–H groups in total. The molecule has 0 bridgehead atoms. The molecule has 0 radical (unpaired) electrons. The number of ether oxygens (including phenoxy) is 5. The number of nitrogens with zero attached hydrogens (tertiary/aromatic N) is 1. The number of nitrogens with two attached hydrogens (primary N) is 1. The number of hydrogen-bond donors (Lipinski definition) is 8. The summed E-state index contributed by atoms with van der Waals surface area (Å²) >= 11 is 0. The molecule has 0 saturated heterocycles. The predicted molar refractivity (Wildman–Crippen MR) is 500 cm³/mol. The number of halogens is 5. The number of fused-ring (bicyclic) bond motifs is 6. The van der Waals surface area contributed by atoms with E-state index in [0.29, 0.717) is 63.7 Å². The highest BCUT2D eigenvalue weighted by molar-refractivity contribution is 5.87. The molecule has 5 amide bonds. The van der Waals surface area contributed by atoms with Crippen LogP contribution in [0.3, 0.4) is 0 Å². The fraction of sp³-hybridized carbons (Fsp3) is 0.608. The molecule has 4 atom stereocenters. The van der Waals surface area contributed by atoms with Gasteiger partial charge in [0.2, 0.25) is 52.6 Å². The van der Waals surface area contributed by atoms with Crippen LogP contribution in [0.2, 0.25) is 0 Å². The van der Waals surface area contributed by atoms with Gasteiger partial charge in [-0.2, -0.15) is 8.78 Å². The third kappa shape index (κ3) is 43.0. The summed E-state index contributed by atoms with van der Waals surface area (Å²) in [5, 5.41) is 32.0. The topological polar surface area (TPSA) is 347 Å². The van der Waals surface area contributed by atoms with Crippen molar-refractivity contribution in [3.05, 3.63) is 148 Å². The average Bonchev–Trinajstić information content (AvgIpc) is 1.63. The summed E-state index contributed by atoms with van der Waals surface area (Å²) in [4.78, 5) is 126. The summed E-state index contributed by atoms with van der Waals surface area (Å²) in [5.41, 5.74) is 12.6. The van der Waals surface area contributed by atoms with Gasteiger partial charge < -0.3 is 66.2 Å². The second-order valence-corrected chi connectivity index (χ2v) is 36.2. The minimum Gasteiger partial charge on any atom is -0.480 e. The van der Waals surface area contributed by atoms with E-state index < -0.39 is 125 Å². The number of carboxylic acids is 2. The van der Waals surface area contributed by atoms with Crippen molar-refractivity contribution in [2.75, 3.05) is 32.8 Å². The van der Waals surface area contributed by atoms with Gasteiger partial charge in [-0.1, -0.05) is 246 Å². The Morgan fingerprint density at radius 3 is 1.02 bits per heavy atom. The Labute approximate surface area is 773 Å². The van der Waals surface area contributed by atoms with E-state index in [0.717, 1.165) is 102 Å². The van der Waals surface area contributed by atoms with Crippen molar-refractivity contribution >= 4 is 59.8 Å². The molecule has 0 aliphatic heterocycles. The lowest BCUT2D eigenvalue weighted by molar-refractivity contribution is -0.159. The molecule has 131 heavy (non-hydrogen) atoms. The van der Waals surface area contributed by atoms with Gasteiger partial charge >= 0.3 is 42.0 Å². The van der Waals surface area contributed by atoms with E-state index in [-0.39, 0.29) is 69.0 Å². The number of hydrogen-bond acceptors (Lipinski definition) is 17. The molecule has 0 spiro atoms. The SMILES string of the molecule is CCCCCCCCCCCCCC(=O)N[C@@H](CCC(=O)NCCCC[C@H](NC(=O)OCC1c2ccccc2-c2ccccc21)C(=O)O)C(=O)OC(C)(C)C.CCCCCCCCCCCCCC(=O)N[C@@H](CCC(=O)Oc1c(F)c(F)c(F)c(F)c1F)C(=O)OC(C)(C)C.CCN(C(C)C)C(C)C.NCCCC[C@H](NC(=O)OCC1c2ccccc2-c2ccccc21)C(=O)O. The smallest absolute Gasteiger partial charge is 0.407 e. The molecule has 0 fully saturated rings. The third-order valence-corrected chi connectivity index (χ3v) is 22.5. The number of aliphatic carboxylic acids is 2. The van der Waals surface area contributed by atoms with Crippen molar-refractivity contribution in [1.29, 1.82) is 0 Å². The molecule has 0 saturated carbocycles. The normalized spacial score (nSPS) is 12.9. The van der Waals surface area contributed by atoms with Crippen LogP contribution in [-0.4, -0.2) is 155 Å². The molecule has 730 valence electrons. The molecule has 7 rings (SSSR count). The van der Waals surface area contributed by atoms with E-state index in [1.807, 2.05) is 84.9 Å². The van der Waals surface area contributed by atoms with Crippen molar-refractivity contribution in [3.63, 3.8) is 0 Å². The van der Waals surface area contributed by atoms with Gasteiger partial charge in [-0.15, -0.1) is 0 Å². The zero-order chi connectivity index (χ0) is 97.0. The Bertz CT molecular complexity index is 4200. The zero-order valence-electron chi connectivity index (χ0n) is 79.9. The number of nitrogens with one attached hydrogen (secondary N) is 5. The summed E-state index contributed by atoms with van der Waals surface area (Å²) in [5.74, 6) is -19.4. The van der Waals surface area contributed by atoms with Gasteiger partial charge in [0.1, 0.15) is 48.6 Å². The maximum atomic E-state index is 13.8. The molecule has 24 nitrogen and oxygen atoms in total.